The maximum atomic E-state index is 10.8. The Bertz CT molecular complexity index is 246. The highest BCUT2D eigenvalue weighted by Gasteiger charge is 2.29. The number of likely N-dealkylation sites (tertiary alicyclic amines) is 1. The average molecular weight is 195 g/mol. The Morgan fingerprint density at radius 2 is 2.36 bits per heavy atom. The quantitative estimate of drug-likeness (QED) is 0.694. The highest BCUT2D eigenvalue weighted by molar-refractivity contribution is 5.73. The third kappa shape index (κ3) is 3.00. The van der Waals surface area contributed by atoms with Crippen LogP contribution in [0.25, 0.3) is 0 Å². The molecule has 14 heavy (non-hydrogen) atoms. The molecule has 0 radical (unpaired) electrons. The largest absolute Gasteiger partial charge is 0.480 e. The zero-order chi connectivity index (χ0) is 10.4. The Labute approximate surface area is 84.7 Å². The summed E-state index contributed by atoms with van der Waals surface area (Å²) in [7, 11) is 0. The maximum absolute atomic E-state index is 10.8. The molecule has 1 aliphatic heterocycles. The molecule has 0 bridgehead atoms. The van der Waals surface area contributed by atoms with Gasteiger partial charge in [0.2, 0.25) is 0 Å². The van der Waals surface area contributed by atoms with Crippen LogP contribution in [0.3, 0.4) is 0 Å². The lowest BCUT2D eigenvalue weighted by molar-refractivity contribution is -0.141. The van der Waals surface area contributed by atoms with Crippen LogP contribution >= 0.6 is 0 Å². The van der Waals surface area contributed by atoms with Crippen LogP contribution < -0.4 is 0 Å². The number of carboxylic acid groups (broad SMARTS) is 1. The number of rotatable bonds is 4. The van der Waals surface area contributed by atoms with Crippen LogP contribution in [0.2, 0.25) is 0 Å². The summed E-state index contributed by atoms with van der Waals surface area (Å²) < 4.78 is 0. The van der Waals surface area contributed by atoms with Gasteiger partial charge in [0.05, 0.1) is 0 Å². The fraction of sp³-hybridized carbons (Fsp3) is 0.545. The molecule has 1 aliphatic rings. The van der Waals surface area contributed by atoms with Crippen molar-refractivity contribution in [2.24, 2.45) is 0 Å². The summed E-state index contributed by atoms with van der Waals surface area (Å²) in [5.74, 6) is -0.693. The van der Waals surface area contributed by atoms with Gasteiger partial charge < -0.3 is 5.11 Å². The SMILES string of the molecule is CC=CC=CCN1CCC[C@H]1C(=O)O. The zero-order valence-electron chi connectivity index (χ0n) is 8.52. The lowest BCUT2D eigenvalue weighted by Crippen LogP contribution is -2.35. The molecule has 0 amide bonds. The van der Waals surface area contributed by atoms with E-state index in [0.717, 1.165) is 25.9 Å². The molecule has 0 spiro atoms. The first kappa shape index (κ1) is 11.0. The van der Waals surface area contributed by atoms with Crippen molar-refractivity contribution < 1.29 is 9.90 Å². The van der Waals surface area contributed by atoms with E-state index in [1.807, 2.05) is 36.1 Å². The van der Waals surface area contributed by atoms with Crippen LogP contribution in [0.4, 0.5) is 0 Å². The van der Waals surface area contributed by atoms with Gasteiger partial charge in [-0.3, -0.25) is 9.69 Å². The first-order chi connectivity index (χ1) is 6.75. The molecule has 1 rings (SSSR count). The molecule has 3 heteroatoms. The minimum Gasteiger partial charge on any atom is -0.480 e. The molecule has 1 N–H and O–H groups in total. The molecule has 3 nitrogen and oxygen atoms in total. The smallest absolute Gasteiger partial charge is 0.320 e. The van der Waals surface area contributed by atoms with E-state index in [1.54, 1.807) is 0 Å². The second kappa shape index (κ2) is 5.60. The van der Waals surface area contributed by atoms with E-state index in [1.165, 1.54) is 0 Å². The van der Waals surface area contributed by atoms with Crippen LogP contribution in [-0.4, -0.2) is 35.1 Å². The third-order valence-electron chi connectivity index (χ3n) is 2.43. The molecule has 1 heterocycles. The molecule has 0 saturated carbocycles. The van der Waals surface area contributed by atoms with Crippen molar-refractivity contribution in [3.05, 3.63) is 24.3 Å². The zero-order valence-corrected chi connectivity index (χ0v) is 8.52. The van der Waals surface area contributed by atoms with Gasteiger partial charge in [0.25, 0.3) is 0 Å². The van der Waals surface area contributed by atoms with Crippen molar-refractivity contribution in [1.82, 2.24) is 4.90 Å². The molecule has 1 atom stereocenters. The first-order valence-electron chi connectivity index (χ1n) is 5.00. The van der Waals surface area contributed by atoms with E-state index in [4.69, 9.17) is 5.11 Å². The summed E-state index contributed by atoms with van der Waals surface area (Å²) in [6, 6.07) is -0.273. The van der Waals surface area contributed by atoms with Crippen molar-refractivity contribution >= 4 is 5.97 Å². The highest BCUT2D eigenvalue weighted by Crippen LogP contribution is 2.16. The number of hydrogen-bond donors (Lipinski definition) is 1. The van der Waals surface area contributed by atoms with Crippen molar-refractivity contribution in [3.8, 4) is 0 Å². The fourth-order valence-corrected chi connectivity index (χ4v) is 1.71. The number of hydrogen-bond acceptors (Lipinski definition) is 2. The minimum atomic E-state index is -0.693. The maximum Gasteiger partial charge on any atom is 0.320 e. The van der Waals surface area contributed by atoms with Crippen LogP contribution in [0.5, 0.6) is 0 Å². The first-order valence-corrected chi connectivity index (χ1v) is 5.00. The van der Waals surface area contributed by atoms with Crippen LogP contribution in [0, 0.1) is 0 Å². The molecule has 78 valence electrons. The Morgan fingerprint density at radius 3 is 3.00 bits per heavy atom. The summed E-state index contributed by atoms with van der Waals surface area (Å²) in [5, 5.41) is 8.91. The van der Waals surface area contributed by atoms with Gasteiger partial charge >= 0.3 is 5.97 Å². The minimum absolute atomic E-state index is 0.273. The van der Waals surface area contributed by atoms with Gasteiger partial charge in [-0.2, -0.15) is 0 Å². The van der Waals surface area contributed by atoms with E-state index >= 15 is 0 Å². The number of allylic oxidation sites excluding steroid dienone is 3. The fourth-order valence-electron chi connectivity index (χ4n) is 1.71. The summed E-state index contributed by atoms with van der Waals surface area (Å²) in [4.78, 5) is 12.8. The van der Waals surface area contributed by atoms with Gasteiger partial charge in [-0.05, 0) is 26.3 Å². The molecular formula is C11H17NO2. The van der Waals surface area contributed by atoms with Gasteiger partial charge in [0.15, 0.2) is 0 Å². The lowest BCUT2D eigenvalue weighted by atomic mass is 10.2. The topological polar surface area (TPSA) is 40.5 Å². The monoisotopic (exact) mass is 195 g/mol. The van der Waals surface area contributed by atoms with Gasteiger partial charge in [-0.25, -0.2) is 0 Å². The molecule has 0 unspecified atom stereocenters. The molecule has 1 fully saturated rings. The number of nitrogens with zero attached hydrogens (tertiary/aromatic N) is 1. The van der Waals surface area contributed by atoms with Crippen molar-refractivity contribution in [2.75, 3.05) is 13.1 Å². The lowest BCUT2D eigenvalue weighted by Gasteiger charge is -2.18. The van der Waals surface area contributed by atoms with E-state index in [2.05, 4.69) is 0 Å². The molecule has 1 saturated heterocycles. The van der Waals surface area contributed by atoms with E-state index in [0.29, 0.717) is 0 Å². The molecule has 0 aromatic rings. The predicted molar refractivity (Wildman–Crippen MR) is 56.2 cm³/mol. The Kier molecular flexibility index (Phi) is 4.40. The van der Waals surface area contributed by atoms with Crippen LogP contribution in [0.15, 0.2) is 24.3 Å². The van der Waals surface area contributed by atoms with Gasteiger partial charge in [-0.1, -0.05) is 24.3 Å². The van der Waals surface area contributed by atoms with Crippen LogP contribution in [0.1, 0.15) is 19.8 Å². The standard InChI is InChI=1S/C11H17NO2/c1-2-3-4-5-8-12-9-6-7-10(12)11(13)14/h2-5,10H,6-9H2,1H3,(H,13,14)/t10-/m0/s1. The van der Waals surface area contributed by atoms with Crippen LogP contribution in [-0.2, 0) is 4.79 Å². The van der Waals surface area contributed by atoms with E-state index in [9.17, 15) is 4.79 Å². The normalized spacial score (nSPS) is 23.9. The Balaban J connectivity index is 2.39. The molecule has 0 aliphatic carbocycles. The summed E-state index contributed by atoms with van der Waals surface area (Å²) in [6.45, 7) is 3.60. The predicted octanol–water partition coefficient (Wildman–Crippen LogP) is 1.67. The van der Waals surface area contributed by atoms with Gasteiger partial charge in [0.1, 0.15) is 6.04 Å². The van der Waals surface area contributed by atoms with Crippen molar-refractivity contribution in [3.63, 3.8) is 0 Å². The highest BCUT2D eigenvalue weighted by atomic mass is 16.4. The molecular weight excluding hydrogens is 178 g/mol. The molecule has 0 aromatic carbocycles. The third-order valence-corrected chi connectivity index (χ3v) is 2.43. The summed E-state index contributed by atoms with van der Waals surface area (Å²) >= 11 is 0. The Morgan fingerprint density at radius 1 is 1.57 bits per heavy atom. The Hall–Kier alpha value is -1.09. The second-order valence-electron chi connectivity index (χ2n) is 3.45. The van der Waals surface area contributed by atoms with E-state index < -0.39 is 5.97 Å². The number of carboxylic acids is 1. The van der Waals surface area contributed by atoms with E-state index in [-0.39, 0.29) is 6.04 Å². The number of carbonyl (C=O) groups is 1. The van der Waals surface area contributed by atoms with Crippen molar-refractivity contribution in [1.29, 1.82) is 0 Å². The average Bonchev–Trinajstić information content (AvgIpc) is 2.60. The number of aliphatic carboxylic acids is 1. The van der Waals surface area contributed by atoms with Gasteiger partial charge in [-0.15, -0.1) is 0 Å². The van der Waals surface area contributed by atoms with Gasteiger partial charge in [0, 0.05) is 6.54 Å². The van der Waals surface area contributed by atoms with Crippen molar-refractivity contribution in [2.45, 2.75) is 25.8 Å². The summed E-state index contributed by atoms with van der Waals surface area (Å²) in [5.41, 5.74) is 0. The second-order valence-corrected chi connectivity index (χ2v) is 3.45. The molecule has 0 aromatic heterocycles. The summed E-state index contributed by atoms with van der Waals surface area (Å²) in [6.07, 6.45) is 9.64.